The number of carbonyl (C=O) groups excluding carboxylic acids is 1. The molecule has 4 rings (SSSR count). The summed E-state index contributed by atoms with van der Waals surface area (Å²) >= 11 is 0. The maximum Gasteiger partial charge on any atom is 0.311 e. The number of anilines is 1. The van der Waals surface area contributed by atoms with Crippen molar-refractivity contribution in [3.63, 3.8) is 0 Å². The molecule has 0 spiro atoms. The zero-order valence-electron chi connectivity index (χ0n) is 16.3. The molecule has 1 amide bonds. The zero-order chi connectivity index (χ0) is 20.3. The summed E-state index contributed by atoms with van der Waals surface area (Å²) in [4.78, 5) is 26.5. The lowest BCUT2D eigenvalue weighted by Crippen LogP contribution is -2.36. The van der Waals surface area contributed by atoms with E-state index in [1.807, 2.05) is 54.6 Å². The van der Waals surface area contributed by atoms with E-state index < -0.39 is 11.4 Å². The van der Waals surface area contributed by atoms with E-state index in [9.17, 15) is 14.7 Å². The van der Waals surface area contributed by atoms with E-state index in [1.165, 1.54) is 0 Å². The molecule has 1 aliphatic carbocycles. The Morgan fingerprint density at radius 2 is 1.90 bits per heavy atom. The van der Waals surface area contributed by atoms with Crippen molar-refractivity contribution in [1.29, 1.82) is 0 Å². The van der Waals surface area contributed by atoms with Crippen molar-refractivity contribution in [2.24, 2.45) is 11.3 Å². The summed E-state index contributed by atoms with van der Waals surface area (Å²) < 4.78 is 5.89. The number of rotatable bonds is 7. The van der Waals surface area contributed by atoms with Crippen LogP contribution in [0.15, 0.2) is 54.6 Å². The Morgan fingerprint density at radius 1 is 1.14 bits per heavy atom. The van der Waals surface area contributed by atoms with Crippen molar-refractivity contribution in [1.82, 2.24) is 4.90 Å². The van der Waals surface area contributed by atoms with E-state index in [0.29, 0.717) is 36.7 Å². The lowest BCUT2D eigenvalue weighted by Gasteiger charge is -2.23. The molecule has 0 radical (unpaired) electrons. The molecule has 1 heterocycles. The van der Waals surface area contributed by atoms with Crippen LogP contribution < -0.4 is 10.1 Å². The van der Waals surface area contributed by atoms with Crippen molar-refractivity contribution in [2.45, 2.75) is 25.7 Å². The second-order valence-corrected chi connectivity index (χ2v) is 8.00. The molecule has 0 aromatic heterocycles. The highest BCUT2D eigenvalue weighted by atomic mass is 16.5. The minimum Gasteiger partial charge on any atom is -0.481 e. The van der Waals surface area contributed by atoms with Crippen LogP contribution >= 0.6 is 0 Å². The fourth-order valence-electron chi connectivity index (χ4n) is 4.66. The monoisotopic (exact) mass is 394 g/mol. The molecule has 6 nitrogen and oxygen atoms in total. The van der Waals surface area contributed by atoms with E-state index in [2.05, 4.69) is 10.2 Å². The van der Waals surface area contributed by atoms with Gasteiger partial charge in [0, 0.05) is 26.1 Å². The molecule has 2 aromatic rings. The van der Waals surface area contributed by atoms with Crippen LogP contribution in [0.3, 0.4) is 0 Å². The van der Waals surface area contributed by atoms with E-state index in [1.54, 1.807) is 0 Å². The van der Waals surface area contributed by atoms with Crippen molar-refractivity contribution >= 4 is 17.6 Å². The zero-order valence-corrected chi connectivity index (χ0v) is 16.3. The summed E-state index contributed by atoms with van der Waals surface area (Å²) in [6.45, 7) is 1.89. The van der Waals surface area contributed by atoms with Gasteiger partial charge in [0.2, 0.25) is 5.91 Å². The Bertz CT molecular complexity index is 885. The maximum absolute atomic E-state index is 12.5. The van der Waals surface area contributed by atoms with Crippen molar-refractivity contribution < 1.29 is 19.4 Å². The van der Waals surface area contributed by atoms with Crippen LogP contribution in [0.1, 0.15) is 25.7 Å². The van der Waals surface area contributed by atoms with Gasteiger partial charge in [-0.1, -0.05) is 36.8 Å². The molecule has 2 aromatic carbocycles. The number of nitrogens with zero attached hydrogens (tertiary/aromatic N) is 1. The van der Waals surface area contributed by atoms with Crippen LogP contribution in [-0.4, -0.2) is 41.5 Å². The van der Waals surface area contributed by atoms with Gasteiger partial charge in [-0.25, -0.2) is 0 Å². The third kappa shape index (κ3) is 4.12. The van der Waals surface area contributed by atoms with Crippen LogP contribution in [0.5, 0.6) is 11.5 Å². The van der Waals surface area contributed by atoms with Gasteiger partial charge < -0.3 is 20.1 Å². The molecule has 0 unspecified atom stereocenters. The average molecular weight is 394 g/mol. The smallest absolute Gasteiger partial charge is 0.311 e. The molecular weight excluding hydrogens is 368 g/mol. The van der Waals surface area contributed by atoms with Crippen LogP contribution in [-0.2, 0) is 9.59 Å². The molecule has 1 aliphatic heterocycles. The number of amides is 1. The predicted molar refractivity (Wildman–Crippen MR) is 110 cm³/mol. The lowest BCUT2D eigenvalue weighted by atomic mass is 9.81. The van der Waals surface area contributed by atoms with Gasteiger partial charge >= 0.3 is 5.97 Å². The van der Waals surface area contributed by atoms with E-state index in [0.717, 1.165) is 25.8 Å². The molecule has 152 valence electrons. The molecule has 0 bridgehead atoms. The molecule has 2 fully saturated rings. The molecule has 1 saturated carbocycles. The number of carboxylic acid groups (broad SMARTS) is 1. The van der Waals surface area contributed by atoms with Gasteiger partial charge in [0.15, 0.2) is 5.75 Å². The van der Waals surface area contributed by atoms with Crippen molar-refractivity contribution in [3.8, 4) is 11.5 Å². The minimum atomic E-state index is -0.682. The number of para-hydroxylation sites is 3. The number of ether oxygens (including phenoxy) is 1. The Labute approximate surface area is 170 Å². The van der Waals surface area contributed by atoms with Crippen LogP contribution in [0.4, 0.5) is 5.69 Å². The Hall–Kier alpha value is -2.86. The molecule has 2 N–H and O–H groups in total. The van der Waals surface area contributed by atoms with Gasteiger partial charge in [-0.05, 0) is 43.0 Å². The van der Waals surface area contributed by atoms with E-state index in [-0.39, 0.29) is 11.8 Å². The van der Waals surface area contributed by atoms with Gasteiger partial charge in [-0.2, -0.15) is 0 Å². The number of carboxylic acids is 1. The Morgan fingerprint density at radius 3 is 2.66 bits per heavy atom. The van der Waals surface area contributed by atoms with Gasteiger partial charge in [-0.15, -0.1) is 0 Å². The molecule has 29 heavy (non-hydrogen) atoms. The molecule has 2 atom stereocenters. The predicted octanol–water partition coefficient (Wildman–Crippen LogP) is 3.99. The maximum atomic E-state index is 12.5. The van der Waals surface area contributed by atoms with Gasteiger partial charge in [-0.3, -0.25) is 9.59 Å². The molecular formula is C23H26N2O4. The molecule has 1 saturated heterocycles. The van der Waals surface area contributed by atoms with Gasteiger partial charge in [0.1, 0.15) is 5.75 Å². The minimum absolute atomic E-state index is 0.101. The SMILES string of the molecule is O=C(CCN1C[C@@H]2CCC[C@@]2(C(=O)O)C1)Nc1ccccc1Oc1ccccc1. The third-order valence-corrected chi connectivity index (χ3v) is 6.15. The van der Waals surface area contributed by atoms with Crippen molar-refractivity contribution in [3.05, 3.63) is 54.6 Å². The number of nitrogens with one attached hydrogen (secondary N) is 1. The Balaban J connectivity index is 1.34. The van der Waals surface area contributed by atoms with Gasteiger partial charge in [0.25, 0.3) is 0 Å². The van der Waals surface area contributed by atoms with E-state index >= 15 is 0 Å². The fourth-order valence-corrected chi connectivity index (χ4v) is 4.66. The number of carbonyl (C=O) groups is 2. The normalized spacial score (nSPS) is 23.5. The fraction of sp³-hybridized carbons (Fsp3) is 0.391. The number of fused-ring (bicyclic) bond motifs is 1. The third-order valence-electron chi connectivity index (χ3n) is 6.15. The van der Waals surface area contributed by atoms with E-state index in [4.69, 9.17) is 4.74 Å². The first-order valence-electron chi connectivity index (χ1n) is 10.1. The number of hydrogen-bond acceptors (Lipinski definition) is 4. The van der Waals surface area contributed by atoms with Crippen LogP contribution in [0, 0.1) is 11.3 Å². The van der Waals surface area contributed by atoms with Gasteiger partial charge in [0.05, 0.1) is 11.1 Å². The highest BCUT2D eigenvalue weighted by Gasteiger charge is 2.54. The molecule has 6 heteroatoms. The summed E-state index contributed by atoms with van der Waals surface area (Å²) in [6, 6.07) is 16.8. The first-order chi connectivity index (χ1) is 14.1. The summed E-state index contributed by atoms with van der Waals surface area (Å²) in [6.07, 6.45) is 3.03. The Kier molecular flexibility index (Phi) is 5.53. The first kappa shape index (κ1) is 19.5. The van der Waals surface area contributed by atoms with Crippen LogP contribution in [0.2, 0.25) is 0 Å². The number of likely N-dealkylation sites (tertiary alicyclic amines) is 1. The molecule has 2 aliphatic rings. The highest BCUT2D eigenvalue weighted by Crippen LogP contribution is 2.48. The second kappa shape index (κ2) is 8.25. The average Bonchev–Trinajstić information content (AvgIpc) is 3.27. The summed E-state index contributed by atoms with van der Waals surface area (Å²) in [5.41, 5.74) is 0.0220. The van der Waals surface area contributed by atoms with Crippen LogP contribution in [0.25, 0.3) is 0 Å². The summed E-state index contributed by atoms with van der Waals surface area (Å²) in [7, 11) is 0. The first-order valence-corrected chi connectivity index (χ1v) is 10.1. The highest BCUT2D eigenvalue weighted by molar-refractivity contribution is 5.92. The number of benzene rings is 2. The second-order valence-electron chi connectivity index (χ2n) is 8.00. The van der Waals surface area contributed by atoms with Crippen molar-refractivity contribution in [2.75, 3.05) is 25.0 Å². The number of aliphatic carboxylic acids is 1. The lowest BCUT2D eigenvalue weighted by molar-refractivity contribution is -0.149. The quantitative estimate of drug-likeness (QED) is 0.742. The summed E-state index contributed by atoms with van der Waals surface area (Å²) in [5, 5.41) is 12.6. The standard InChI is InChI=1S/C23H26N2O4/c26-21(12-14-25-15-17-7-6-13-23(17,16-25)22(27)28)24-19-10-4-5-11-20(19)29-18-8-2-1-3-9-18/h1-5,8-11,17H,6-7,12-16H2,(H,24,26)(H,27,28)/t17-,23+/m0/s1. The summed E-state index contributed by atoms with van der Waals surface area (Å²) in [5.74, 6) is 0.724. The topological polar surface area (TPSA) is 78.9 Å². The largest absolute Gasteiger partial charge is 0.481 e. The number of hydrogen-bond donors (Lipinski definition) is 2.